The molecule has 0 atom stereocenters. The molecule has 3 rings (SSSR count). The highest BCUT2D eigenvalue weighted by atomic mass is 16.5. The van der Waals surface area contributed by atoms with Gasteiger partial charge < -0.3 is 19.7 Å². The molecule has 0 aliphatic heterocycles. The maximum Gasteiger partial charge on any atom is 0.339 e. The first-order valence-corrected chi connectivity index (χ1v) is 14.1. The first-order chi connectivity index (χ1) is 18.6. The fourth-order valence-electron chi connectivity index (χ4n) is 4.57. The number of unbranched alkanes of at least 4 members (excludes halogenated alkanes) is 9. The molecule has 0 amide bonds. The summed E-state index contributed by atoms with van der Waals surface area (Å²) in [5.74, 6) is 0.510. The summed E-state index contributed by atoms with van der Waals surface area (Å²) in [5, 5.41) is 18.7. The minimum atomic E-state index is -1.08. The standard InChI is InChI=1S/C33H42O5/c34-32-23-20-28(26-31(32)33(35)36)15-11-8-6-4-2-1-3-5-7-10-14-27-18-21-30(22-19-27)38-25-24-37-29-16-12-9-13-17-29/h9,12-13,16-23,26,34H,1-8,10-11,14-15,24-25H2,(H,35,36). The number of hydrogen-bond donors (Lipinski definition) is 2. The van der Waals surface area contributed by atoms with E-state index in [2.05, 4.69) is 24.3 Å². The molecular weight excluding hydrogens is 476 g/mol. The highest BCUT2D eigenvalue weighted by Crippen LogP contribution is 2.20. The van der Waals surface area contributed by atoms with Crippen molar-refractivity contribution in [3.05, 3.63) is 89.5 Å². The lowest BCUT2D eigenvalue weighted by Crippen LogP contribution is -2.08. The van der Waals surface area contributed by atoms with E-state index in [9.17, 15) is 9.90 Å². The van der Waals surface area contributed by atoms with Crippen molar-refractivity contribution in [3.63, 3.8) is 0 Å². The van der Waals surface area contributed by atoms with Gasteiger partial charge in [0, 0.05) is 0 Å². The molecule has 0 unspecified atom stereocenters. The predicted octanol–water partition coefficient (Wildman–Crippen LogP) is 8.23. The molecule has 5 nitrogen and oxygen atoms in total. The van der Waals surface area contributed by atoms with Crippen LogP contribution in [0.5, 0.6) is 17.2 Å². The van der Waals surface area contributed by atoms with Crippen molar-refractivity contribution in [1.82, 2.24) is 0 Å². The zero-order chi connectivity index (χ0) is 26.8. The number of carboxylic acid groups (broad SMARTS) is 1. The van der Waals surface area contributed by atoms with Crippen molar-refractivity contribution in [2.24, 2.45) is 0 Å². The van der Waals surface area contributed by atoms with Gasteiger partial charge in [0.2, 0.25) is 0 Å². The average molecular weight is 519 g/mol. The van der Waals surface area contributed by atoms with Gasteiger partial charge in [-0.1, -0.05) is 87.8 Å². The van der Waals surface area contributed by atoms with E-state index < -0.39 is 5.97 Å². The average Bonchev–Trinajstić information content (AvgIpc) is 2.93. The van der Waals surface area contributed by atoms with Crippen molar-refractivity contribution >= 4 is 5.97 Å². The Balaban J connectivity index is 1.12. The van der Waals surface area contributed by atoms with Gasteiger partial charge in [-0.25, -0.2) is 4.79 Å². The topological polar surface area (TPSA) is 76.0 Å². The summed E-state index contributed by atoms with van der Waals surface area (Å²) in [7, 11) is 0. The Morgan fingerprint density at radius 1 is 0.579 bits per heavy atom. The largest absolute Gasteiger partial charge is 0.507 e. The highest BCUT2D eigenvalue weighted by molar-refractivity contribution is 5.90. The second kappa shape index (κ2) is 17.1. The number of carbonyl (C=O) groups is 1. The van der Waals surface area contributed by atoms with Gasteiger partial charge in [-0.15, -0.1) is 0 Å². The summed E-state index contributed by atoms with van der Waals surface area (Å²) in [6.45, 7) is 1.06. The fraction of sp³-hybridized carbons (Fsp3) is 0.424. The maximum atomic E-state index is 11.1. The lowest BCUT2D eigenvalue weighted by atomic mass is 10.0. The van der Waals surface area contributed by atoms with Gasteiger partial charge in [0.1, 0.15) is 36.0 Å². The van der Waals surface area contributed by atoms with Gasteiger partial charge in [-0.05, 0) is 73.2 Å². The van der Waals surface area contributed by atoms with Gasteiger partial charge in [0.25, 0.3) is 0 Å². The Bertz CT molecular complexity index is 1060. The Hall–Kier alpha value is -3.47. The zero-order valence-electron chi connectivity index (χ0n) is 22.4. The molecule has 0 radical (unpaired) electrons. The molecule has 0 aliphatic rings. The number of hydrogen-bond acceptors (Lipinski definition) is 4. The fourth-order valence-corrected chi connectivity index (χ4v) is 4.57. The van der Waals surface area contributed by atoms with Gasteiger partial charge in [0.05, 0.1) is 0 Å². The predicted molar refractivity (Wildman–Crippen MR) is 153 cm³/mol. The summed E-state index contributed by atoms with van der Waals surface area (Å²) >= 11 is 0. The lowest BCUT2D eigenvalue weighted by Gasteiger charge is -2.09. The van der Waals surface area contributed by atoms with E-state index in [-0.39, 0.29) is 11.3 Å². The molecular formula is C33H42O5. The van der Waals surface area contributed by atoms with Crippen molar-refractivity contribution in [1.29, 1.82) is 0 Å². The number of ether oxygens (including phenoxy) is 2. The summed E-state index contributed by atoms with van der Waals surface area (Å²) in [5.41, 5.74) is 2.34. The van der Waals surface area contributed by atoms with Crippen molar-refractivity contribution in [2.75, 3.05) is 13.2 Å². The molecule has 0 heterocycles. The molecule has 0 saturated carbocycles. The molecule has 5 heteroatoms. The van der Waals surface area contributed by atoms with E-state index in [1.807, 2.05) is 36.4 Å². The summed E-state index contributed by atoms with van der Waals surface area (Å²) < 4.78 is 11.4. The maximum absolute atomic E-state index is 11.1. The number of rotatable bonds is 19. The van der Waals surface area contributed by atoms with Crippen LogP contribution in [0, 0.1) is 0 Å². The van der Waals surface area contributed by atoms with Crippen LogP contribution < -0.4 is 9.47 Å². The van der Waals surface area contributed by atoms with Crippen molar-refractivity contribution < 1.29 is 24.5 Å². The van der Waals surface area contributed by atoms with Crippen molar-refractivity contribution in [3.8, 4) is 17.2 Å². The van der Waals surface area contributed by atoms with Crippen LogP contribution in [0.1, 0.15) is 85.7 Å². The Kier molecular flexibility index (Phi) is 13.1. The van der Waals surface area contributed by atoms with E-state index in [4.69, 9.17) is 14.6 Å². The van der Waals surface area contributed by atoms with Crippen LogP contribution >= 0.6 is 0 Å². The van der Waals surface area contributed by atoms with E-state index in [0.717, 1.165) is 42.7 Å². The van der Waals surface area contributed by atoms with Crippen LogP contribution in [0.25, 0.3) is 0 Å². The molecule has 3 aromatic rings. The Labute approximate surface area is 227 Å². The third kappa shape index (κ3) is 11.3. The van der Waals surface area contributed by atoms with Crippen LogP contribution in [-0.4, -0.2) is 29.4 Å². The molecule has 3 aromatic carbocycles. The molecule has 204 valence electrons. The number of benzene rings is 3. The zero-order valence-corrected chi connectivity index (χ0v) is 22.4. The first-order valence-electron chi connectivity index (χ1n) is 14.1. The summed E-state index contributed by atoms with van der Waals surface area (Å²) in [6.07, 6.45) is 14.4. The minimum Gasteiger partial charge on any atom is -0.507 e. The van der Waals surface area contributed by atoms with Crippen molar-refractivity contribution in [2.45, 2.75) is 77.0 Å². The summed E-state index contributed by atoms with van der Waals surface area (Å²) in [4.78, 5) is 11.1. The molecule has 0 spiro atoms. The third-order valence-electron chi connectivity index (χ3n) is 6.76. The number of phenols is 1. The van der Waals surface area contributed by atoms with Gasteiger partial charge in [0.15, 0.2) is 0 Å². The Morgan fingerprint density at radius 2 is 1.05 bits per heavy atom. The number of aromatic carboxylic acids is 1. The second-order valence-electron chi connectivity index (χ2n) is 9.85. The number of aromatic hydroxyl groups is 1. The first kappa shape index (κ1) is 29.1. The third-order valence-corrected chi connectivity index (χ3v) is 6.76. The van der Waals surface area contributed by atoms with Crippen LogP contribution in [0.4, 0.5) is 0 Å². The second-order valence-corrected chi connectivity index (χ2v) is 9.85. The molecule has 0 saturated heterocycles. The van der Waals surface area contributed by atoms with Gasteiger partial charge in [-0.3, -0.25) is 0 Å². The quantitative estimate of drug-likeness (QED) is 0.156. The Morgan fingerprint density at radius 3 is 1.61 bits per heavy atom. The van der Waals surface area contributed by atoms with Crippen LogP contribution in [-0.2, 0) is 12.8 Å². The molecule has 0 aliphatic carbocycles. The van der Waals surface area contributed by atoms with Crippen LogP contribution in [0.15, 0.2) is 72.8 Å². The molecule has 0 bridgehead atoms. The van der Waals surface area contributed by atoms with E-state index in [1.54, 1.807) is 6.07 Å². The molecule has 38 heavy (non-hydrogen) atoms. The number of aryl methyl sites for hydroxylation is 2. The van der Waals surface area contributed by atoms with Crippen LogP contribution in [0.3, 0.4) is 0 Å². The van der Waals surface area contributed by atoms with E-state index >= 15 is 0 Å². The molecule has 2 N–H and O–H groups in total. The van der Waals surface area contributed by atoms with Crippen LogP contribution in [0.2, 0.25) is 0 Å². The van der Waals surface area contributed by atoms with Gasteiger partial charge >= 0.3 is 5.97 Å². The molecule has 0 fully saturated rings. The SMILES string of the molecule is O=C(O)c1cc(CCCCCCCCCCCCc2ccc(OCCOc3ccccc3)cc2)ccc1O. The normalized spacial score (nSPS) is 10.8. The number of carboxylic acids is 1. The van der Waals surface area contributed by atoms with E-state index in [1.165, 1.54) is 63.0 Å². The molecule has 0 aromatic heterocycles. The summed E-state index contributed by atoms with van der Waals surface area (Å²) in [6, 6.07) is 23.1. The smallest absolute Gasteiger partial charge is 0.339 e. The minimum absolute atomic E-state index is 0.00774. The lowest BCUT2D eigenvalue weighted by molar-refractivity contribution is 0.0693. The van der Waals surface area contributed by atoms with Gasteiger partial charge in [-0.2, -0.15) is 0 Å². The number of para-hydroxylation sites is 1. The monoisotopic (exact) mass is 518 g/mol. The van der Waals surface area contributed by atoms with E-state index in [0.29, 0.717) is 13.2 Å². The highest BCUT2D eigenvalue weighted by Gasteiger charge is 2.09.